The Labute approximate surface area is 119 Å². The molecule has 1 aliphatic carbocycles. The van der Waals surface area contributed by atoms with Crippen molar-refractivity contribution in [2.45, 2.75) is 64.5 Å². The number of nitrogens with one attached hydrogen (secondary N) is 1. The molecule has 0 spiro atoms. The predicted octanol–water partition coefficient (Wildman–Crippen LogP) is 2.10. The Balaban J connectivity index is 1.86. The number of hydrogen-bond donors (Lipinski definition) is 2. The van der Waals surface area contributed by atoms with Crippen molar-refractivity contribution in [1.82, 2.24) is 15.5 Å². The van der Waals surface area contributed by atoms with Gasteiger partial charge in [0.15, 0.2) is 0 Å². The molecule has 0 bridgehead atoms. The van der Waals surface area contributed by atoms with Gasteiger partial charge in [0.1, 0.15) is 0 Å². The first-order valence-corrected chi connectivity index (χ1v) is 7.15. The summed E-state index contributed by atoms with van der Waals surface area (Å²) in [4.78, 5) is 11.0. The smallest absolute Gasteiger partial charge is 0.306 e. The second kappa shape index (κ2) is 5.91. The number of aliphatic carboxylic acids is 1. The van der Waals surface area contributed by atoms with Crippen molar-refractivity contribution in [3.63, 3.8) is 0 Å². The fourth-order valence-electron chi connectivity index (χ4n) is 2.46. The molecule has 20 heavy (non-hydrogen) atoms. The Bertz CT molecular complexity index is 464. The summed E-state index contributed by atoms with van der Waals surface area (Å²) >= 11 is 0. The molecule has 6 nitrogen and oxygen atoms in total. The lowest BCUT2D eigenvalue weighted by atomic mass is 9.86. The van der Waals surface area contributed by atoms with Crippen LogP contribution in [0.4, 0.5) is 0 Å². The van der Waals surface area contributed by atoms with Gasteiger partial charge >= 0.3 is 5.97 Å². The Morgan fingerprint density at radius 3 is 2.75 bits per heavy atom. The zero-order valence-electron chi connectivity index (χ0n) is 12.3. The summed E-state index contributed by atoms with van der Waals surface area (Å²) in [7, 11) is 0. The van der Waals surface area contributed by atoms with E-state index >= 15 is 0 Å². The highest BCUT2D eigenvalue weighted by Crippen LogP contribution is 2.25. The Morgan fingerprint density at radius 1 is 1.40 bits per heavy atom. The van der Waals surface area contributed by atoms with Crippen LogP contribution in [0, 0.1) is 5.92 Å². The van der Waals surface area contributed by atoms with Crippen LogP contribution in [-0.4, -0.2) is 27.3 Å². The van der Waals surface area contributed by atoms with E-state index in [9.17, 15) is 4.79 Å². The summed E-state index contributed by atoms with van der Waals surface area (Å²) in [5, 5.41) is 20.5. The Morgan fingerprint density at radius 2 is 2.15 bits per heavy atom. The van der Waals surface area contributed by atoms with E-state index in [1.807, 2.05) is 20.8 Å². The van der Waals surface area contributed by atoms with Crippen LogP contribution in [0.1, 0.15) is 58.2 Å². The minimum Gasteiger partial charge on any atom is -0.481 e. The minimum atomic E-state index is -0.690. The molecule has 2 rings (SSSR count). The van der Waals surface area contributed by atoms with Gasteiger partial charge in [0.25, 0.3) is 0 Å². The van der Waals surface area contributed by atoms with E-state index in [0.29, 0.717) is 24.7 Å². The van der Waals surface area contributed by atoms with Crippen molar-refractivity contribution >= 4 is 5.97 Å². The molecule has 0 amide bonds. The maximum atomic E-state index is 11.0. The largest absolute Gasteiger partial charge is 0.481 e. The molecule has 2 atom stereocenters. The molecule has 0 aliphatic heterocycles. The number of carbonyl (C=O) groups is 1. The third-order valence-corrected chi connectivity index (χ3v) is 3.67. The molecule has 0 radical (unpaired) electrons. The zero-order valence-corrected chi connectivity index (χ0v) is 12.3. The molecule has 2 N–H and O–H groups in total. The normalized spacial score (nSPS) is 23.8. The number of hydrogen-bond acceptors (Lipinski definition) is 5. The quantitative estimate of drug-likeness (QED) is 0.878. The average Bonchev–Trinajstić information content (AvgIpc) is 2.85. The monoisotopic (exact) mass is 281 g/mol. The second-order valence-electron chi connectivity index (χ2n) is 6.53. The first-order chi connectivity index (χ1) is 9.36. The van der Waals surface area contributed by atoms with E-state index in [1.54, 1.807) is 0 Å². The molecule has 1 aromatic rings. The summed E-state index contributed by atoms with van der Waals surface area (Å²) in [6.07, 6.45) is 3.41. The van der Waals surface area contributed by atoms with Crippen LogP contribution < -0.4 is 5.32 Å². The van der Waals surface area contributed by atoms with Crippen LogP contribution in [0.3, 0.4) is 0 Å². The molecular weight excluding hydrogens is 258 g/mol. The van der Waals surface area contributed by atoms with E-state index < -0.39 is 5.97 Å². The minimum absolute atomic E-state index is 0.148. The van der Waals surface area contributed by atoms with Crippen LogP contribution in [0.15, 0.2) is 4.42 Å². The number of rotatable bonds is 4. The van der Waals surface area contributed by atoms with E-state index in [1.165, 1.54) is 0 Å². The highest BCUT2D eigenvalue weighted by molar-refractivity contribution is 5.70. The van der Waals surface area contributed by atoms with Gasteiger partial charge in [0.05, 0.1) is 12.5 Å². The van der Waals surface area contributed by atoms with Crippen molar-refractivity contribution in [2.24, 2.45) is 5.92 Å². The summed E-state index contributed by atoms with van der Waals surface area (Å²) in [6, 6.07) is 0.217. The van der Waals surface area contributed by atoms with Crippen molar-refractivity contribution in [1.29, 1.82) is 0 Å². The molecule has 112 valence electrons. The Hall–Kier alpha value is -1.43. The molecule has 2 unspecified atom stereocenters. The van der Waals surface area contributed by atoms with E-state index in [4.69, 9.17) is 9.52 Å². The molecule has 0 saturated heterocycles. The third-order valence-electron chi connectivity index (χ3n) is 3.67. The molecule has 1 aromatic heterocycles. The van der Waals surface area contributed by atoms with Gasteiger partial charge in [-0.15, -0.1) is 10.2 Å². The standard InChI is InChI=1S/C14H23N3O3/c1-14(2,3)13-17-16-11(20-13)8-15-10-6-4-5-9(7-10)12(18)19/h9-10,15H,4-8H2,1-3H3,(H,18,19). The van der Waals surface area contributed by atoms with Gasteiger partial charge in [0, 0.05) is 11.5 Å². The van der Waals surface area contributed by atoms with Crippen molar-refractivity contribution in [3.05, 3.63) is 11.8 Å². The summed E-state index contributed by atoms with van der Waals surface area (Å²) in [5.41, 5.74) is -0.148. The first kappa shape index (κ1) is 15.0. The fraction of sp³-hybridized carbons (Fsp3) is 0.786. The summed E-state index contributed by atoms with van der Waals surface area (Å²) in [6.45, 7) is 6.57. The molecule has 1 aliphatic rings. The van der Waals surface area contributed by atoms with Crippen LogP contribution in [0.5, 0.6) is 0 Å². The van der Waals surface area contributed by atoms with Crippen molar-refractivity contribution in [2.75, 3.05) is 0 Å². The average molecular weight is 281 g/mol. The third kappa shape index (κ3) is 3.79. The highest BCUT2D eigenvalue weighted by atomic mass is 16.4. The number of nitrogens with zero attached hydrogens (tertiary/aromatic N) is 2. The van der Waals surface area contributed by atoms with Crippen LogP contribution in [0.25, 0.3) is 0 Å². The van der Waals surface area contributed by atoms with Gasteiger partial charge < -0.3 is 14.8 Å². The molecule has 1 saturated carbocycles. The van der Waals surface area contributed by atoms with Crippen LogP contribution >= 0.6 is 0 Å². The highest BCUT2D eigenvalue weighted by Gasteiger charge is 2.27. The molecule has 1 fully saturated rings. The van der Waals surface area contributed by atoms with Gasteiger partial charge in [-0.2, -0.15) is 0 Å². The second-order valence-corrected chi connectivity index (χ2v) is 6.53. The van der Waals surface area contributed by atoms with E-state index in [2.05, 4.69) is 15.5 Å². The van der Waals surface area contributed by atoms with Gasteiger partial charge in [-0.25, -0.2) is 0 Å². The van der Waals surface area contributed by atoms with Crippen molar-refractivity contribution in [3.8, 4) is 0 Å². The molecule has 6 heteroatoms. The van der Waals surface area contributed by atoms with Crippen LogP contribution in [0.2, 0.25) is 0 Å². The number of carboxylic acid groups (broad SMARTS) is 1. The Kier molecular flexibility index (Phi) is 4.42. The molecule has 0 aromatic carbocycles. The topological polar surface area (TPSA) is 88.2 Å². The maximum Gasteiger partial charge on any atom is 0.306 e. The zero-order chi connectivity index (χ0) is 14.8. The predicted molar refractivity (Wildman–Crippen MR) is 73.2 cm³/mol. The summed E-state index contributed by atoms with van der Waals surface area (Å²) < 4.78 is 5.61. The number of aromatic nitrogens is 2. The van der Waals surface area contributed by atoms with Crippen LogP contribution in [-0.2, 0) is 16.8 Å². The van der Waals surface area contributed by atoms with Crippen molar-refractivity contribution < 1.29 is 14.3 Å². The van der Waals surface area contributed by atoms with E-state index in [0.717, 1.165) is 19.3 Å². The lowest BCUT2D eigenvalue weighted by Crippen LogP contribution is -2.36. The molecule has 1 heterocycles. The van der Waals surface area contributed by atoms with Gasteiger partial charge in [-0.05, 0) is 19.3 Å². The lowest BCUT2D eigenvalue weighted by Gasteiger charge is -2.26. The lowest BCUT2D eigenvalue weighted by molar-refractivity contribution is -0.143. The number of carboxylic acids is 1. The maximum absolute atomic E-state index is 11.0. The van der Waals surface area contributed by atoms with Gasteiger partial charge in [-0.1, -0.05) is 27.2 Å². The summed E-state index contributed by atoms with van der Waals surface area (Å²) in [5.74, 6) is 0.270. The fourth-order valence-corrected chi connectivity index (χ4v) is 2.46. The van der Waals surface area contributed by atoms with Gasteiger partial charge in [0.2, 0.25) is 11.8 Å². The molecular formula is C14H23N3O3. The first-order valence-electron chi connectivity index (χ1n) is 7.15. The van der Waals surface area contributed by atoms with E-state index in [-0.39, 0.29) is 17.4 Å². The van der Waals surface area contributed by atoms with Gasteiger partial charge in [-0.3, -0.25) is 4.79 Å². The SMILES string of the molecule is CC(C)(C)c1nnc(CNC2CCCC(C(=O)O)C2)o1.